The van der Waals surface area contributed by atoms with E-state index in [0.717, 1.165) is 5.69 Å². The Kier molecular flexibility index (Phi) is 5.33. The standard InChI is InChI=1S/C20H24N2O2S/c1-12(2)10-16(13(3)23)22-20(24)14-8-9-19-17(11-14)21-15-6-4-5-7-18(15)25-19/h4-9,11-12,16-17,19,21H,10H2,1-3H3,(H,22,24)/t16-,17?,19?/m0/s1. The first-order chi connectivity index (χ1) is 11.9. The molecule has 0 fully saturated rings. The summed E-state index contributed by atoms with van der Waals surface area (Å²) < 4.78 is 0. The molecule has 0 bridgehead atoms. The van der Waals surface area contributed by atoms with Crippen LogP contribution >= 0.6 is 11.8 Å². The van der Waals surface area contributed by atoms with E-state index in [1.54, 1.807) is 11.8 Å². The number of carbonyl (C=O) groups is 2. The quantitative estimate of drug-likeness (QED) is 0.847. The number of nitrogens with one attached hydrogen (secondary N) is 2. The van der Waals surface area contributed by atoms with E-state index in [2.05, 4.69) is 28.8 Å². The number of para-hydroxylation sites is 1. The fourth-order valence-electron chi connectivity index (χ4n) is 3.10. The minimum atomic E-state index is -0.422. The van der Waals surface area contributed by atoms with Crippen LogP contribution in [0.3, 0.4) is 0 Å². The van der Waals surface area contributed by atoms with Gasteiger partial charge in [0.25, 0.3) is 5.91 Å². The van der Waals surface area contributed by atoms with Crippen LogP contribution in [0.2, 0.25) is 0 Å². The summed E-state index contributed by atoms with van der Waals surface area (Å²) >= 11 is 1.80. The molecule has 4 nitrogen and oxygen atoms in total. The van der Waals surface area contributed by atoms with Crippen molar-refractivity contribution in [3.8, 4) is 0 Å². The molecule has 0 spiro atoms. The highest BCUT2D eigenvalue weighted by Crippen LogP contribution is 2.40. The molecule has 0 saturated heterocycles. The number of rotatable bonds is 5. The molecule has 5 heteroatoms. The summed E-state index contributed by atoms with van der Waals surface area (Å²) in [5.74, 6) is 0.171. The number of benzene rings is 1. The lowest BCUT2D eigenvalue weighted by Crippen LogP contribution is -2.42. The van der Waals surface area contributed by atoms with Crippen LogP contribution in [0.15, 0.2) is 53.0 Å². The molecule has 2 aliphatic rings. The number of Topliss-reactive ketones (excluding diaryl/α,β-unsaturated/α-hetero) is 1. The predicted molar refractivity (Wildman–Crippen MR) is 103 cm³/mol. The van der Waals surface area contributed by atoms with Crippen molar-refractivity contribution in [2.75, 3.05) is 5.32 Å². The van der Waals surface area contributed by atoms with Gasteiger partial charge in [0.1, 0.15) is 0 Å². The van der Waals surface area contributed by atoms with Gasteiger partial charge in [-0.2, -0.15) is 0 Å². The lowest BCUT2D eigenvalue weighted by molar-refractivity contribution is -0.125. The molecule has 1 aliphatic carbocycles. The Balaban J connectivity index is 1.72. The maximum atomic E-state index is 12.6. The topological polar surface area (TPSA) is 58.2 Å². The van der Waals surface area contributed by atoms with Gasteiger partial charge < -0.3 is 10.6 Å². The van der Waals surface area contributed by atoms with Crippen molar-refractivity contribution in [1.82, 2.24) is 5.32 Å². The molecule has 2 N–H and O–H groups in total. The van der Waals surface area contributed by atoms with E-state index >= 15 is 0 Å². The highest BCUT2D eigenvalue weighted by molar-refractivity contribution is 8.00. The number of ketones is 1. The van der Waals surface area contributed by atoms with Crippen molar-refractivity contribution in [1.29, 1.82) is 0 Å². The van der Waals surface area contributed by atoms with E-state index < -0.39 is 6.04 Å². The molecule has 0 radical (unpaired) electrons. The molecule has 1 amide bonds. The van der Waals surface area contributed by atoms with Gasteiger partial charge in [-0.25, -0.2) is 0 Å². The predicted octanol–water partition coefficient (Wildman–Crippen LogP) is 3.56. The van der Waals surface area contributed by atoms with Crippen LogP contribution < -0.4 is 10.6 Å². The third-order valence-electron chi connectivity index (χ3n) is 4.42. The van der Waals surface area contributed by atoms with Crippen molar-refractivity contribution in [3.05, 3.63) is 48.1 Å². The zero-order valence-corrected chi connectivity index (χ0v) is 15.6. The van der Waals surface area contributed by atoms with Crippen molar-refractivity contribution >= 4 is 29.1 Å². The Hall–Kier alpha value is -2.01. The summed E-state index contributed by atoms with van der Waals surface area (Å²) in [5, 5.41) is 6.66. The van der Waals surface area contributed by atoms with Gasteiger partial charge in [0.2, 0.25) is 0 Å². The van der Waals surface area contributed by atoms with Crippen LogP contribution in [0.25, 0.3) is 0 Å². The summed E-state index contributed by atoms with van der Waals surface area (Å²) in [7, 11) is 0. The molecule has 1 aromatic carbocycles. The molecular weight excluding hydrogens is 332 g/mol. The molecule has 1 aromatic rings. The lowest BCUT2D eigenvalue weighted by atomic mass is 9.98. The van der Waals surface area contributed by atoms with Crippen LogP contribution in [-0.4, -0.2) is 29.0 Å². The van der Waals surface area contributed by atoms with Gasteiger partial charge in [-0.05, 0) is 37.5 Å². The smallest absolute Gasteiger partial charge is 0.251 e. The van der Waals surface area contributed by atoms with Crippen LogP contribution in [0.4, 0.5) is 5.69 Å². The first-order valence-corrected chi connectivity index (χ1v) is 9.55. The average molecular weight is 356 g/mol. The largest absolute Gasteiger partial charge is 0.376 e. The average Bonchev–Trinajstić information content (AvgIpc) is 2.58. The van der Waals surface area contributed by atoms with Crippen LogP contribution in [0, 0.1) is 5.92 Å². The SMILES string of the molecule is CC(=O)[C@H](CC(C)C)NC(=O)C1=CC2Nc3ccccc3SC2C=C1. The lowest BCUT2D eigenvalue weighted by Gasteiger charge is -2.33. The first-order valence-electron chi connectivity index (χ1n) is 8.67. The molecular formula is C20H24N2O2S. The number of carbonyl (C=O) groups excluding carboxylic acids is 2. The van der Waals surface area contributed by atoms with Crippen molar-refractivity contribution in [2.24, 2.45) is 5.92 Å². The van der Waals surface area contributed by atoms with Crippen molar-refractivity contribution in [3.63, 3.8) is 0 Å². The second-order valence-corrected chi connectivity index (χ2v) is 8.22. The monoisotopic (exact) mass is 356 g/mol. The third-order valence-corrected chi connectivity index (χ3v) is 5.75. The van der Waals surface area contributed by atoms with E-state index in [1.165, 1.54) is 11.8 Å². The highest BCUT2D eigenvalue weighted by Gasteiger charge is 2.29. The van der Waals surface area contributed by atoms with Gasteiger partial charge in [0.15, 0.2) is 5.78 Å². The highest BCUT2D eigenvalue weighted by atomic mass is 32.2. The normalized spacial score (nSPS) is 22.3. The van der Waals surface area contributed by atoms with Gasteiger partial charge in [0.05, 0.1) is 17.3 Å². The summed E-state index contributed by atoms with van der Waals surface area (Å²) in [4.78, 5) is 25.6. The zero-order valence-electron chi connectivity index (χ0n) is 14.8. The van der Waals surface area contributed by atoms with Gasteiger partial charge in [-0.3, -0.25) is 9.59 Å². The number of thioether (sulfide) groups is 1. The van der Waals surface area contributed by atoms with Gasteiger partial charge in [-0.1, -0.05) is 38.1 Å². The Labute approximate surface area is 153 Å². The van der Waals surface area contributed by atoms with Gasteiger partial charge >= 0.3 is 0 Å². The second-order valence-electron chi connectivity index (χ2n) is 7.00. The molecule has 132 valence electrons. The molecule has 25 heavy (non-hydrogen) atoms. The minimum absolute atomic E-state index is 0.000546. The van der Waals surface area contributed by atoms with Crippen LogP contribution in [-0.2, 0) is 9.59 Å². The zero-order chi connectivity index (χ0) is 18.0. The Morgan fingerprint density at radius 3 is 2.76 bits per heavy atom. The first kappa shape index (κ1) is 17.8. The van der Waals surface area contributed by atoms with Gasteiger partial charge in [0, 0.05) is 16.2 Å². The Bertz CT molecular complexity index is 739. The summed E-state index contributed by atoms with van der Waals surface area (Å²) in [5.41, 5.74) is 1.71. The number of amides is 1. The molecule has 3 atom stereocenters. The maximum Gasteiger partial charge on any atom is 0.251 e. The Morgan fingerprint density at radius 2 is 2.04 bits per heavy atom. The van der Waals surface area contributed by atoms with Crippen molar-refractivity contribution in [2.45, 2.75) is 49.4 Å². The minimum Gasteiger partial charge on any atom is -0.376 e. The second kappa shape index (κ2) is 7.48. The molecule has 3 rings (SSSR count). The van der Waals surface area contributed by atoms with Crippen LogP contribution in [0.5, 0.6) is 0 Å². The van der Waals surface area contributed by atoms with E-state index in [9.17, 15) is 9.59 Å². The summed E-state index contributed by atoms with van der Waals surface area (Å²) in [6.45, 7) is 5.63. The fraction of sp³-hybridized carbons (Fsp3) is 0.400. The maximum absolute atomic E-state index is 12.6. The molecule has 1 heterocycles. The number of hydrogen-bond acceptors (Lipinski definition) is 4. The van der Waals surface area contributed by atoms with E-state index in [1.807, 2.05) is 38.1 Å². The molecule has 1 aliphatic heterocycles. The van der Waals surface area contributed by atoms with E-state index in [0.29, 0.717) is 17.9 Å². The summed E-state index contributed by atoms with van der Waals surface area (Å²) in [6, 6.07) is 7.85. The molecule has 0 aromatic heterocycles. The van der Waals surface area contributed by atoms with Crippen LogP contribution in [0.1, 0.15) is 27.2 Å². The van der Waals surface area contributed by atoms with Gasteiger partial charge in [-0.15, -0.1) is 11.8 Å². The number of fused-ring (bicyclic) bond motifs is 2. The number of hydrogen-bond donors (Lipinski definition) is 2. The Morgan fingerprint density at radius 1 is 1.28 bits per heavy atom. The number of anilines is 1. The third kappa shape index (κ3) is 4.15. The van der Waals surface area contributed by atoms with Crippen molar-refractivity contribution < 1.29 is 9.59 Å². The fourth-order valence-corrected chi connectivity index (χ4v) is 4.26. The van der Waals surface area contributed by atoms with E-state index in [-0.39, 0.29) is 23.0 Å². The molecule has 2 unspecified atom stereocenters. The summed E-state index contributed by atoms with van der Waals surface area (Å²) in [6.07, 6.45) is 6.56. The molecule has 0 saturated carbocycles. The van der Waals surface area contributed by atoms with E-state index in [4.69, 9.17) is 0 Å².